The maximum atomic E-state index is 14.5. The second-order valence-electron chi connectivity index (χ2n) is 11.2. The van der Waals surface area contributed by atoms with Gasteiger partial charge in [-0.25, -0.2) is 9.37 Å². The average Bonchev–Trinajstić information content (AvgIpc) is 3.71. The third-order valence-corrected chi connectivity index (χ3v) is 8.74. The number of methoxy groups -OCH3 is 1. The van der Waals surface area contributed by atoms with Gasteiger partial charge in [-0.2, -0.15) is 5.10 Å². The van der Waals surface area contributed by atoms with Crippen molar-refractivity contribution in [3.8, 4) is 39.4 Å². The summed E-state index contributed by atoms with van der Waals surface area (Å²) >= 11 is 1.62. The number of hydrogen-bond donors (Lipinski definition) is 2. The Kier molecular flexibility index (Phi) is 9.02. The van der Waals surface area contributed by atoms with Gasteiger partial charge < -0.3 is 20.1 Å². The van der Waals surface area contributed by atoms with Crippen LogP contribution in [0, 0.1) is 11.7 Å². The summed E-state index contributed by atoms with van der Waals surface area (Å²) < 4.78 is 28.6. The SMILES string of the molecule is COCCOc1cc(F)ccc1-c1c(-c2cnn(CCNC(=O)C(C)C)c2)nc(-c2ccc3c(c2)CCNC3)c2ccsc12. The Labute approximate surface area is 260 Å². The van der Waals surface area contributed by atoms with E-state index in [2.05, 4.69) is 45.4 Å². The highest BCUT2D eigenvalue weighted by Crippen LogP contribution is 2.46. The minimum atomic E-state index is -0.380. The Balaban J connectivity index is 1.49. The van der Waals surface area contributed by atoms with Crippen LogP contribution in [0.2, 0.25) is 0 Å². The van der Waals surface area contributed by atoms with Crippen LogP contribution in [0.15, 0.2) is 60.2 Å². The predicted octanol–water partition coefficient (Wildman–Crippen LogP) is 6.08. The molecule has 0 saturated heterocycles. The third-order valence-electron chi connectivity index (χ3n) is 7.80. The number of nitrogens with zero attached hydrogens (tertiary/aromatic N) is 3. The molecule has 2 aromatic carbocycles. The van der Waals surface area contributed by atoms with Crippen LogP contribution in [-0.4, -0.2) is 54.1 Å². The first-order chi connectivity index (χ1) is 21.4. The van der Waals surface area contributed by atoms with Gasteiger partial charge in [0.05, 0.1) is 30.7 Å². The third kappa shape index (κ3) is 6.24. The summed E-state index contributed by atoms with van der Waals surface area (Å²) in [5.41, 5.74) is 7.76. The molecule has 0 fully saturated rings. The van der Waals surface area contributed by atoms with Gasteiger partial charge in [0.25, 0.3) is 0 Å². The lowest BCUT2D eigenvalue weighted by Crippen LogP contribution is -2.30. The van der Waals surface area contributed by atoms with Crippen molar-refractivity contribution in [2.24, 2.45) is 5.92 Å². The second-order valence-corrected chi connectivity index (χ2v) is 12.1. The molecule has 5 aromatic rings. The number of halogens is 1. The summed E-state index contributed by atoms with van der Waals surface area (Å²) in [4.78, 5) is 17.4. The van der Waals surface area contributed by atoms with E-state index in [4.69, 9.17) is 14.5 Å². The number of hydrogen-bond acceptors (Lipinski definition) is 7. The van der Waals surface area contributed by atoms with E-state index < -0.39 is 0 Å². The number of pyridine rings is 1. The fourth-order valence-electron chi connectivity index (χ4n) is 5.49. The zero-order chi connectivity index (χ0) is 30.6. The van der Waals surface area contributed by atoms with Crippen molar-refractivity contribution in [1.29, 1.82) is 0 Å². The first-order valence-corrected chi connectivity index (χ1v) is 15.8. The van der Waals surface area contributed by atoms with Crippen LogP contribution in [0.3, 0.4) is 0 Å². The van der Waals surface area contributed by atoms with Gasteiger partial charge in [-0.1, -0.05) is 26.0 Å². The fraction of sp³-hybridized carbons (Fsp3) is 0.324. The molecule has 3 aromatic heterocycles. The molecule has 8 nitrogen and oxygen atoms in total. The van der Waals surface area contributed by atoms with E-state index in [1.165, 1.54) is 23.3 Å². The molecule has 0 aliphatic carbocycles. The molecule has 0 atom stereocenters. The van der Waals surface area contributed by atoms with Crippen molar-refractivity contribution in [2.45, 2.75) is 33.4 Å². The molecular formula is C34H36FN5O3S. The standard InChI is InChI=1S/C34H36FN5O3S/c1-21(2)34(41)37-11-12-40-20-25(19-38-40)32-30(27-7-6-26(35)17-29(27)43-14-13-42-3)33-28(9-15-44-33)31(39-32)23-4-5-24-18-36-10-8-22(24)16-23/h4-7,9,15-17,19-21,36H,8,10-14,18H2,1-3H3,(H,37,41). The molecule has 0 radical (unpaired) electrons. The minimum Gasteiger partial charge on any atom is -0.490 e. The zero-order valence-electron chi connectivity index (χ0n) is 25.2. The van der Waals surface area contributed by atoms with E-state index in [9.17, 15) is 9.18 Å². The van der Waals surface area contributed by atoms with Gasteiger partial charge >= 0.3 is 0 Å². The van der Waals surface area contributed by atoms with Crippen molar-refractivity contribution in [3.63, 3.8) is 0 Å². The molecule has 0 bridgehead atoms. The van der Waals surface area contributed by atoms with E-state index in [0.717, 1.165) is 63.2 Å². The molecule has 0 unspecified atom stereocenters. The molecule has 6 rings (SSSR count). The van der Waals surface area contributed by atoms with Crippen LogP contribution in [-0.2, 0) is 29.0 Å². The number of carbonyl (C=O) groups is 1. The number of amides is 1. The summed E-state index contributed by atoms with van der Waals surface area (Å²) in [6.45, 7) is 7.21. The molecular weight excluding hydrogens is 577 g/mol. The number of benzene rings is 2. The van der Waals surface area contributed by atoms with Crippen molar-refractivity contribution in [3.05, 3.63) is 77.2 Å². The van der Waals surface area contributed by atoms with Gasteiger partial charge in [0.15, 0.2) is 0 Å². The quantitative estimate of drug-likeness (QED) is 0.176. The zero-order valence-corrected chi connectivity index (χ0v) is 26.0. The molecule has 228 valence electrons. The van der Waals surface area contributed by atoms with E-state index in [0.29, 0.717) is 25.4 Å². The maximum absolute atomic E-state index is 14.5. The monoisotopic (exact) mass is 613 g/mol. The normalized spacial score (nSPS) is 12.9. The van der Waals surface area contributed by atoms with Crippen molar-refractivity contribution in [2.75, 3.05) is 33.4 Å². The maximum Gasteiger partial charge on any atom is 0.222 e. The average molecular weight is 614 g/mol. The number of rotatable bonds is 11. The summed E-state index contributed by atoms with van der Waals surface area (Å²) in [5, 5.41) is 14.1. The minimum absolute atomic E-state index is 0.00673. The number of thiophene rings is 1. The largest absolute Gasteiger partial charge is 0.490 e. The van der Waals surface area contributed by atoms with Crippen molar-refractivity contribution in [1.82, 2.24) is 25.4 Å². The van der Waals surface area contributed by atoms with Crippen LogP contribution in [0.5, 0.6) is 5.75 Å². The summed E-state index contributed by atoms with van der Waals surface area (Å²) in [7, 11) is 1.61. The lowest BCUT2D eigenvalue weighted by molar-refractivity contribution is -0.124. The Morgan fingerprint density at radius 1 is 1.11 bits per heavy atom. The number of carbonyl (C=O) groups excluding carboxylic acids is 1. The molecule has 4 heterocycles. The van der Waals surface area contributed by atoms with Gasteiger partial charge in [-0.05, 0) is 53.7 Å². The second kappa shape index (κ2) is 13.3. The van der Waals surface area contributed by atoms with E-state index in [1.54, 1.807) is 30.7 Å². The predicted molar refractivity (Wildman–Crippen MR) is 172 cm³/mol. The number of aromatic nitrogens is 3. The van der Waals surface area contributed by atoms with Gasteiger partial charge in [-0.15, -0.1) is 11.3 Å². The summed E-state index contributed by atoms with van der Waals surface area (Å²) in [5.74, 6) is -0.0267. The molecule has 1 aliphatic heterocycles. The topological polar surface area (TPSA) is 90.3 Å². The van der Waals surface area contributed by atoms with Crippen molar-refractivity contribution >= 4 is 27.3 Å². The van der Waals surface area contributed by atoms with Crippen LogP contribution in [0.25, 0.3) is 43.7 Å². The number of ether oxygens (including phenoxy) is 2. The van der Waals surface area contributed by atoms with E-state index in [1.807, 2.05) is 24.7 Å². The Bertz CT molecular complexity index is 1800. The highest BCUT2D eigenvalue weighted by Gasteiger charge is 2.23. The first-order valence-electron chi connectivity index (χ1n) is 14.9. The van der Waals surface area contributed by atoms with Gasteiger partial charge in [-0.3, -0.25) is 9.48 Å². The summed E-state index contributed by atoms with van der Waals surface area (Å²) in [6.07, 6.45) is 4.72. The highest BCUT2D eigenvalue weighted by atomic mass is 32.1. The Hall–Kier alpha value is -4.12. The lowest BCUT2D eigenvalue weighted by atomic mass is 9.93. The smallest absolute Gasteiger partial charge is 0.222 e. The molecule has 2 N–H and O–H groups in total. The van der Waals surface area contributed by atoms with Crippen LogP contribution < -0.4 is 15.4 Å². The van der Waals surface area contributed by atoms with Crippen molar-refractivity contribution < 1.29 is 18.7 Å². The van der Waals surface area contributed by atoms with E-state index >= 15 is 0 Å². The molecule has 0 spiro atoms. The molecule has 10 heteroatoms. The van der Waals surface area contributed by atoms with Crippen LogP contribution >= 0.6 is 11.3 Å². The van der Waals surface area contributed by atoms with Crippen LogP contribution in [0.1, 0.15) is 25.0 Å². The van der Waals surface area contributed by atoms with Gasteiger partial charge in [0, 0.05) is 70.7 Å². The molecule has 44 heavy (non-hydrogen) atoms. The Morgan fingerprint density at radius 2 is 2.00 bits per heavy atom. The van der Waals surface area contributed by atoms with Gasteiger partial charge in [0.1, 0.15) is 18.2 Å². The molecule has 0 saturated carbocycles. The summed E-state index contributed by atoms with van der Waals surface area (Å²) in [6, 6.07) is 13.3. The van der Waals surface area contributed by atoms with Gasteiger partial charge in [0.2, 0.25) is 5.91 Å². The number of nitrogens with one attached hydrogen (secondary N) is 2. The molecule has 1 aliphatic rings. The Morgan fingerprint density at radius 3 is 2.84 bits per heavy atom. The first kappa shape index (κ1) is 29.9. The van der Waals surface area contributed by atoms with E-state index in [-0.39, 0.29) is 24.2 Å². The lowest BCUT2D eigenvalue weighted by Gasteiger charge is -2.19. The van der Waals surface area contributed by atoms with Crippen LogP contribution in [0.4, 0.5) is 4.39 Å². The fourth-order valence-corrected chi connectivity index (χ4v) is 6.45. The highest BCUT2D eigenvalue weighted by molar-refractivity contribution is 7.18. The number of fused-ring (bicyclic) bond motifs is 2. The molecule has 1 amide bonds.